The summed E-state index contributed by atoms with van der Waals surface area (Å²) in [6, 6.07) is 4.41. The molecule has 0 aliphatic heterocycles. The van der Waals surface area contributed by atoms with Gasteiger partial charge in [-0.15, -0.1) is 0 Å². The van der Waals surface area contributed by atoms with Crippen molar-refractivity contribution in [3.8, 4) is 0 Å². The van der Waals surface area contributed by atoms with E-state index in [4.69, 9.17) is 10.2 Å². The van der Waals surface area contributed by atoms with Crippen LogP contribution in [0.1, 0.15) is 12.7 Å². The van der Waals surface area contributed by atoms with Crippen LogP contribution in [0.3, 0.4) is 0 Å². The Morgan fingerprint density at radius 2 is 2.38 bits per heavy atom. The van der Waals surface area contributed by atoms with Gasteiger partial charge in [0.25, 0.3) is 0 Å². The van der Waals surface area contributed by atoms with Crippen LogP contribution < -0.4 is 5.73 Å². The Balaban J connectivity index is 2.36. The van der Waals surface area contributed by atoms with Crippen LogP contribution in [-0.4, -0.2) is 31.1 Å². The van der Waals surface area contributed by atoms with Gasteiger partial charge in [-0.05, 0) is 26.1 Å². The summed E-state index contributed by atoms with van der Waals surface area (Å²) in [5.41, 5.74) is 5.48. The lowest BCUT2D eigenvalue weighted by atomic mass is 10.2. The number of nitrogens with zero attached hydrogens (tertiary/aromatic N) is 1. The van der Waals surface area contributed by atoms with Gasteiger partial charge in [0.1, 0.15) is 5.76 Å². The summed E-state index contributed by atoms with van der Waals surface area (Å²) in [5, 5.41) is 0. The van der Waals surface area contributed by atoms with Crippen molar-refractivity contribution in [2.45, 2.75) is 19.4 Å². The fraction of sp³-hybridized carbons (Fsp3) is 0.600. The van der Waals surface area contributed by atoms with Gasteiger partial charge in [-0.25, -0.2) is 0 Å². The van der Waals surface area contributed by atoms with Crippen molar-refractivity contribution in [2.75, 3.05) is 20.1 Å². The van der Waals surface area contributed by atoms with Gasteiger partial charge in [0.15, 0.2) is 0 Å². The molecule has 1 atom stereocenters. The molecule has 1 heterocycles. The van der Waals surface area contributed by atoms with Crippen LogP contribution in [0.2, 0.25) is 0 Å². The maximum absolute atomic E-state index is 5.48. The molecule has 1 unspecified atom stereocenters. The lowest BCUT2D eigenvalue weighted by Crippen LogP contribution is -2.34. The molecule has 0 aliphatic carbocycles. The normalized spacial score (nSPS) is 13.5. The molecule has 74 valence electrons. The molecular weight excluding hydrogens is 164 g/mol. The van der Waals surface area contributed by atoms with Crippen LogP contribution in [0.25, 0.3) is 0 Å². The van der Waals surface area contributed by atoms with E-state index in [1.807, 2.05) is 12.1 Å². The molecule has 0 fully saturated rings. The van der Waals surface area contributed by atoms with Gasteiger partial charge in [0, 0.05) is 25.6 Å². The molecule has 0 saturated carbocycles. The lowest BCUT2D eigenvalue weighted by molar-refractivity contribution is 0.253. The minimum absolute atomic E-state index is 0.481. The Morgan fingerprint density at radius 3 is 2.92 bits per heavy atom. The van der Waals surface area contributed by atoms with Gasteiger partial charge >= 0.3 is 0 Å². The SMILES string of the molecule is CC(Cc1ccco1)N(C)CCN. The molecular formula is C10H18N2O. The van der Waals surface area contributed by atoms with Crippen molar-refractivity contribution >= 4 is 0 Å². The zero-order valence-electron chi connectivity index (χ0n) is 8.36. The van der Waals surface area contributed by atoms with Crippen molar-refractivity contribution in [1.29, 1.82) is 0 Å². The maximum atomic E-state index is 5.48. The fourth-order valence-corrected chi connectivity index (χ4v) is 1.30. The molecule has 0 saturated heterocycles. The van der Waals surface area contributed by atoms with Crippen molar-refractivity contribution in [3.05, 3.63) is 24.2 Å². The zero-order chi connectivity index (χ0) is 9.68. The smallest absolute Gasteiger partial charge is 0.105 e. The number of hydrogen-bond acceptors (Lipinski definition) is 3. The predicted octanol–water partition coefficient (Wildman–Crippen LogP) is 1.10. The highest BCUT2D eigenvalue weighted by Gasteiger charge is 2.09. The molecule has 3 heteroatoms. The second-order valence-electron chi connectivity index (χ2n) is 3.40. The standard InChI is InChI=1S/C10H18N2O/c1-9(12(2)6-5-11)8-10-4-3-7-13-10/h3-4,7,9H,5-6,8,11H2,1-2H3. The molecule has 0 amide bonds. The third-order valence-electron chi connectivity index (χ3n) is 2.31. The summed E-state index contributed by atoms with van der Waals surface area (Å²) in [4.78, 5) is 2.24. The van der Waals surface area contributed by atoms with Crippen molar-refractivity contribution < 1.29 is 4.42 Å². The second-order valence-corrected chi connectivity index (χ2v) is 3.40. The number of rotatable bonds is 5. The molecule has 1 aromatic heterocycles. The third kappa shape index (κ3) is 3.20. The Kier molecular flexibility index (Phi) is 3.99. The van der Waals surface area contributed by atoms with E-state index >= 15 is 0 Å². The van der Waals surface area contributed by atoms with E-state index in [0.29, 0.717) is 12.6 Å². The van der Waals surface area contributed by atoms with E-state index < -0.39 is 0 Å². The van der Waals surface area contributed by atoms with Crippen LogP contribution in [-0.2, 0) is 6.42 Å². The summed E-state index contributed by atoms with van der Waals surface area (Å²) < 4.78 is 5.27. The highest BCUT2D eigenvalue weighted by atomic mass is 16.3. The van der Waals surface area contributed by atoms with E-state index in [2.05, 4.69) is 18.9 Å². The Morgan fingerprint density at radius 1 is 1.62 bits per heavy atom. The van der Waals surface area contributed by atoms with Crippen LogP contribution in [0, 0.1) is 0 Å². The Labute approximate surface area is 79.5 Å². The van der Waals surface area contributed by atoms with Crippen LogP contribution in [0.4, 0.5) is 0 Å². The molecule has 0 aliphatic rings. The monoisotopic (exact) mass is 182 g/mol. The largest absolute Gasteiger partial charge is 0.469 e. The van der Waals surface area contributed by atoms with Gasteiger partial charge in [-0.3, -0.25) is 0 Å². The molecule has 3 nitrogen and oxygen atoms in total. The fourth-order valence-electron chi connectivity index (χ4n) is 1.30. The van der Waals surface area contributed by atoms with Gasteiger partial charge in [-0.1, -0.05) is 0 Å². The first kappa shape index (κ1) is 10.3. The predicted molar refractivity (Wildman–Crippen MR) is 53.6 cm³/mol. The lowest BCUT2D eigenvalue weighted by Gasteiger charge is -2.22. The molecule has 1 rings (SSSR count). The number of hydrogen-bond donors (Lipinski definition) is 1. The summed E-state index contributed by atoms with van der Waals surface area (Å²) >= 11 is 0. The summed E-state index contributed by atoms with van der Waals surface area (Å²) in [7, 11) is 2.08. The number of nitrogens with two attached hydrogens (primary N) is 1. The van der Waals surface area contributed by atoms with Gasteiger partial charge in [0.2, 0.25) is 0 Å². The Hall–Kier alpha value is -0.800. The summed E-state index contributed by atoms with van der Waals surface area (Å²) in [6.45, 7) is 3.82. The van der Waals surface area contributed by atoms with E-state index in [-0.39, 0.29) is 0 Å². The van der Waals surface area contributed by atoms with Crippen molar-refractivity contribution in [3.63, 3.8) is 0 Å². The maximum Gasteiger partial charge on any atom is 0.105 e. The minimum Gasteiger partial charge on any atom is -0.469 e. The molecule has 0 aromatic carbocycles. The van der Waals surface area contributed by atoms with Crippen molar-refractivity contribution in [1.82, 2.24) is 4.90 Å². The molecule has 1 aromatic rings. The van der Waals surface area contributed by atoms with Crippen LogP contribution >= 0.6 is 0 Å². The van der Waals surface area contributed by atoms with Crippen molar-refractivity contribution in [2.24, 2.45) is 5.73 Å². The number of likely N-dealkylation sites (N-methyl/N-ethyl adjacent to an activating group) is 1. The zero-order valence-corrected chi connectivity index (χ0v) is 8.36. The molecule has 0 spiro atoms. The molecule has 0 radical (unpaired) electrons. The van der Waals surface area contributed by atoms with Crippen LogP contribution in [0.15, 0.2) is 22.8 Å². The third-order valence-corrected chi connectivity index (χ3v) is 2.31. The van der Waals surface area contributed by atoms with E-state index in [9.17, 15) is 0 Å². The highest BCUT2D eigenvalue weighted by Crippen LogP contribution is 2.07. The van der Waals surface area contributed by atoms with Crippen LogP contribution in [0.5, 0.6) is 0 Å². The average molecular weight is 182 g/mol. The minimum atomic E-state index is 0.481. The first-order chi connectivity index (χ1) is 6.24. The van der Waals surface area contributed by atoms with E-state index in [1.165, 1.54) is 0 Å². The average Bonchev–Trinajstić information content (AvgIpc) is 2.57. The van der Waals surface area contributed by atoms with Gasteiger partial charge in [-0.2, -0.15) is 0 Å². The first-order valence-corrected chi connectivity index (χ1v) is 4.66. The summed E-state index contributed by atoms with van der Waals surface area (Å²) in [5.74, 6) is 1.04. The molecule has 2 N–H and O–H groups in total. The molecule has 0 bridgehead atoms. The Bertz CT molecular complexity index is 221. The second kappa shape index (κ2) is 5.04. The first-order valence-electron chi connectivity index (χ1n) is 4.66. The quantitative estimate of drug-likeness (QED) is 0.741. The molecule has 13 heavy (non-hydrogen) atoms. The van der Waals surface area contributed by atoms with Gasteiger partial charge < -0.3 is 15.1 Å². The van der Waals surface area contributed by atoms with Gasteiger partial charge in [0.05, 0.1) is 6.26 Å². The number of furan rings is 1. The topological polar surface area (TPSA) is 42.4 Å². The van der Waals surface area contributed by atoms with E-state index in [0.717, 1.165) is 18.7 Å². The van der Waals surface area contributed by atoms with E-state index in [1.54, 1.807) is 6.26 Å². The highest BCUT2D eigenvalue weighted by molar-refractivity contribution is 4.99. The summed E-state index contributed by atoms with van der Waals surface area (Å²) in [6.07, 6.45) is 2.66.